The summed E-state index contributed by atoms with van der Waals surface area (Å²) in [6.07, 6.45) is -4.50. The largest absolute Gasteiger partial charge is 0.468 e. The first-order chi connectivity index (χ1) is 8.41. The Labute approximate surface area is 103 Å². The molecule has 0 heterocycles. The van der Waals surface area contributed by atoms with Gasteiger partial charge in [0.05, 0.1) is 12.7 Å². The highest BCUT2D eigenvalue weighted by molar-refractivity contribution is 5.78. The molecule has 1 rings (SSSR count). The summed E-state index contributed by atoms with van der Waals surface area (Å²) in [7, 11) is 1.14. The number of carbonyl (C=O) groups is 1. The number of methoxy groups -OCH3 is 1. The molecule has 1 atom stereocenters. The van der Waals surface area contributed by atoms with E-state index in [4.69, 9.17) is 0 Å². The standard InChI is InChI=1S/C12H14F3NO2/c1-3-16-10(11(17)18-2)8-6-4-5-7-9(8)12(13,14)15/h4-7,10,16H,3H2,1-2H3. The second kappa shape index (κ2) is 5.86. The van der Waals surface area contributed by atoms with Crippen molar-refractivity contribution in [1.29, 1.82) is 0 Å². The SMILES string of the molecule is CCNC(C(=O)OC)c1ccccc1C(F)(F)F. The summed E-state index contributed by atoms with van der Waals surface area (Å²) in [5.74, 6) is -0.742. The van der Waals surface area contributed by atoms with Gasteiger partial charge in [-0.3, -0.25) is 0 Å². The van der Waals surface area contributed by atoms with E-state index in [2.05, 4.69) is 10.1 Å². The monoisotopic (exact) mass is 261 g/mol. The molecule has 1 aromatic rings. The topological polar surface area (TPSA) is 38.3 Å². The molecule has 18 heavy (non-hydrogen) atoms. The van der Waals surface area contributed by atoms with Crippen molar-refractivity contribution in [3.05, 3.63) is 35.4 Å². The first-order valence-electron chi connectivity index (χ1n) is 5.39. The van der Waals surface area contributed by atoms with Crippen molar-refractivity contribution in [2.75, 3.05) is 13.7 Å². The summed E-state index contributed by atoms with van der Waals surface area (Å²) in [5, 5.41) is 2.69. The Morgan fingerprint density at radius 1 is 1.39 bits per heavy atom. The van der Waals surface area contributed by atoms with Gasteiger partial charge in [-0.1, -0.05) is 25.1 Å². The fraction of sp³-hybridized carbons (Fsp3) is 0.417. The van der Waals surface area contributed by atoms with Crippen molar-refractivity contribution >= 4 is 5.97 Å². The second-order valence-electron chi connectivity index (χ2n) is 3.60. The molecule has 0 aliphatic rings. The van der Waals surface area contributed by atoms with Gasteiger partial charge in [-0.15, -0.1) is 0 Å². The van der Waals surface area contributed by atoms with Gasteiger partial charge >= 0.3 is 12.1 Å². The average Bonchev–Trinajstić information content (AvgIpc) is 2.34. The van der Waals surface area contributed by atoms with Gasteiger partial charge < -0.3 is 10.1 Å². The van der Waals surface area contributed by atoms with Crippen LogP contribution in [-0.4, -0.2) is 19.6 Å². The predicted octanol–water partition coefficient (Wildman–Crippen LogP) is 2.53. The number of esters is 1. The number of carbonyl (C=O) groups excluding carboxylic acids is 1. The third kappa shape index (κ3) is 3.22. The molecule has 0 amide bonds. The minimum absolute atomic E-state index is 0.126. The van der Waals surface area contributed by atoms with Gasteiger partial charge in [0.15, 0.2) is 0 Å². The van der Waals surface area contributed by atoms with Gasteiger partial charge in [-0.05, 0) is 18.2 Å². The lowest BCUT2D eigenvalue weighted by Gasteiger charge is -2.20. The molecule has 0 saturated heterocycles. The summed E-state index contributed by atoms with van der Waals surface area (Å²) >= 11 is 0. The molecule has 1 aromatic carbocycles. The highest BCUT2D eigenvalue weighted by atomic mass is 19.4. The van der Waals surface area contributed by atoms with E-state index in [1.807, 2.05) is 0 Å². The van der Waals surface area contributed by atoms with Crippen LogP contribution >= 0.6 is 0 Å². The van der Waals surface area contributed by atoms with Crippen molar-refractivity contribution in [3.63, 3.8) is 0 Å². The van der Waals surface area contributed by atoms with Gasteiger partial charge in [-0.2, -0.15) is 13.2 Å². The van der Waals surface area contributed by atoms with Gasteiger partial charge in [-0.25, -0.2) is 4.79 Å². The van der Waals surface area contributed by atoms with Crippen molar-refractivity contribution in [3.8, 4) is 0 Å². The van der Waals surface area contributed by atoms with E-state index in [1.165, 1.54) is 18.2 Å². The molecule has 1 unspecified atom stereocenters. The van der Waals surface area contributed by atoms with E-state index in [0.29, 0.717) is 6.54 Å². The Morgan fingerprint density at radius 2 is 2.00 bits per heavy atom. The number of alkyl halides is 3. The summed E-state index contributed by atoms with van der Waals surface area (Å²) < 4.78 is 43.0. The number of ether oxygens (including phenoxy) is 1. The molecular formula is C12H14F3NO2. The number of hydrogen-bond donors (Lipinski definition) is 1. The lowest BCUT2D eigenvalue weighted by molar-refractivity contribution is -0.145. The first-order valence-corrected chi connectivity index (χ1v) is 5.39. The van der Waals surface area contributed by atoms with Crippen LogP contribution in [0, 0.1) is 0 Å². The number of halogens is 3. The molecule has 1 N–H and O–H groups in total. The van der Waals surface area contributed by atoms with Gasteiger partial charge in [0.1, 0.15) is 6.04 Å². The van der Waals surface area contributed by atoms with Crippen LogP contribution in [0.5, 0.6) is 0 Å². The maximum atomic E-state index is 12.8. The van der Waals surface area contributed by atoms with E-state index >= 15 is 0 Å². The van der Waals surface area contributed by atoms with Crippen LogP contribution in [0.4, 0.5) is 13.2 Å². The molecular weight excluding hydrogens is 247 g/mol. The maximum Gasteiger partial charge on any atom is 0.416 e. The molecule has 0 radical (unpaired) electrons. The van der Waals surface area contributed by atoms with Gasteiger partial charge in [0.25, 0.3) is 0 Å². The zero-order valence-corrected chi connectivity index (χ0v) is 10.0. The van der Waals surface area contributed by atoms with E-state index in [9.17, 15) is 18.0 Å². The highest BCUT2D eigenvalue weighted by Crippen LogP contribution is 2.34. The van der Waals surface area contributed by atoms with E-state index in [1.54, 1.807) is 6.92 Å². The van der Waals surface area contributed by atoms with Gasteiger partial charge in [0.2, 0.25) is 0 Å². The third-order valence-electron chi connectivity index (χ3n) is 2.42. The van der Waals surface area contributed by atoms with Crippen molar-refractivity contribution in [2.24, 2.45) is 0 Å². The Morgan fingerprint density at radius 3 is 2.50 bits per heavy atom. The first kappa shape index (κ1) is 14.5. The molecule has 0 spiro atoms. The molecule has 6 heteroatoms. The lowest BCUT2D eigenvalue weighted by Crippen LogP contribution is -2.31. The minimum Gasteiger partial charge on any atom is -0.468 e. The normalized spacial score (nSPS) is 13.2. The van der Waals surface area contributed by atoms with Crippen molar-refractivity contribution < 1.29 is 22.7 Å². The summed E-state index contributed by atoms with van der Waals surface area (Å²) in [6.45, 7) is 2.05. The summed E-state index contributed by atoms with van der Waals surface area (Å²) in [4.78, 5) is 11.5. The second-order valence-corrected chi connectivity index (χ2v) is 3.60. The molecule has 0 fully saturated rings. The average molecular weight is 261 g/mol. The smallest absolute Gasteiger partial charge is 0.416 e. The fourth-order valence-electron chi connectivity index (χ4n) is 1.65. The van der Waals surface area contributed by atoms with Crippen LogP contribution in [0.2, 0.25) is 0 Å². The lowest BCUT2D eigenvalue weighted by atomic mass is 10.00. The van der Waals surface area contributed by atoms with Crippen LogP contribution in [0.3, 0.4) is 0 Å². The van der Waals surface area contributed by atoms with Gasteiger partial charge in [0, 0.05) is 0 Å². The Bertz CT molecular complexity index is 418. The number of nitrogens with one attached hydrogen (secondary N) is 1. The zero-order chi connectivity index (χ0) is 13.8. The van der Waals surface area contributed by atoms with E-state index < -0.39 is 23.8 Å². The molecule has 0 bridgehead atoms. The Hall–Kier alpha value is -1.56. The Balaban J connectivity index is 3.24. The highest BCUT2D eigenvalue weighted by Gasteiger charge is 2.36. The minimum atomic E-state index is -4.50. The fourth-order valence-corrected chi connectivity index (χ4v) is 1.65. The van der Waals surface area contributed by atoms with E-state index in [0.717, 1.165) is 13.2 Å². The molecule has 3 nitrogen and oxygen atoms in total. The third-order valence-corrected chi connectivity index (χ3v) is 2.42. The molecule has 0 aliphatic heterocycles. The molecule has 100 valence electrons. The van der Waals surface area contributed by atoms with Crippen LogP contribution in [0.15, 0.2) is 24.3 Å². The van der Waals surface area contributed by atoms with E-state index in [-0.39, 0.29) is 5.56 Å². The summed E-state index contributed by atoms with van der Waals surface area (Å²) in [5.41, 5.74) is -0.958. The molecule has 0 aliphatic carbocycles. The van der Waals surface area contributed by atoms with Crippen molar-refractivity contribution in [2.45, 2.75) is 19.1 Å². The molecule has 0 aromatic heterocycles. The number of benzene rings is 1. The van der Waals surface area contributed by atoms with Crippen molar-refractivity contribution in [1.82, 2.24) is 5.32 Å². The number of likely N-dealkylation sites (N-methyl/N-ethyl adjacent to an activating group) is 1. The summed E-state index contributed by atoms with van der Waals surface area (Å²) in [6, 6.07) is 3.85. The quantitative estimate of drug-likeness (QED) is 0.846. The predicted molar refractivity (Wildman–Crippen MR) is 59.9 cm³/mol. The molecule has 0 saturated carbocycles. The van der Waals surface area contributed by atoms with Crippen LogP contribution in [0.25, 0.3) is 0 Å². The number of rotatable bonds is 4. The van der Waals surface area contributed by atoms with Crippen LogP contribution < -0.4 is 5.32 Å². The zero-order valence-electron chi connectivity index (χ0n) is 10.0. The Kier molecular flexibility index (Phi) is 4.72. The number of hydrogen-bond acceptors (Lipinski definition) is 3. The maximum absolute atomic E-state index is 12.8. The van der Waals surface area contributed by atoms with Crippen LogP contribution in [-0.2, 0) is 15.7 Å². The van der Waals surface area contributed by atoms with Crippen LogP contribution in [0.1, 0.15) is 24.1 Å².